The highest BCUT2D eigenvalue weighted by atomic mass is 16.5. The van der Waals surface area contributed by atoms with Gasteiger partial charge in [-0.05, 0) is 37.5 Å². The molecule has 70 valence electrons. The maximum Gasteiger partial charge on any atom is 0.0494 e. The molecule has 2 fully saturated rings. The van der Waals surface area contributed by atoms with Crippen LogP contribution in [0.3, 0.4) is 0 Å². The van der Waals surface area contributed by atoms with Crippen LogP contribution in [0.4, 0.5) is 0 Å². The van der Waals surface area contributed by atoms with E-state index in [0.717, 1.165) is 25.0 Å². The molecule has 2 aliphatic rings. The van der Waals surface area contributed by atoms with Crippen LogP contribution in [0, 0.1) is 11.8 Å². The summed E-state index contributed by atoms with van der Waals surface area (Å²) in [6.45, 7) is 4.17. The summed E-state index contributed by atoms with van der Waals surface area (Å²) in [6, 6.07) is 0. The molecule has 0 radical (unpaired) electrons. The lowest BCUT2D eigenvalue weighted by Crippen LogP contribution is -2.31. The minimum atomic E-state index is 0.186. The monoisotopic (exact) mass is 169 g/mol. The lowest BCUT2D eigenvalue weighted by Gasteiger charge is -2.25. The van der Waals surface area contributed by atoms with Gasteiger partial charge in [0.1, 0.15) is 0 Å². The van der Waals surface area contributed by atoms with Gasteiger partial charge < -0.3 is 10.5 Å². The minimum Gasteiger partial charge on any atom is -0.381 e. The lowest BCUT2D eigenvalue weighted by molar-refractivity contribution is 0.0474. The van der Waals surface area contributed by atoms with Gasteiger partial charge >= 0.3 is 0 Å². The fourth-order valence-electron chi connectivity index (χ4n) is 2.30. The van der Waals surface area contributed by atoms with Gasteiger partial charge in [-0.1, -0.05) is 6.92 Å². The van der Waals surface area contributed by atoms with Crippen molar-refractivity contribution >= 4 is 0 Å². The highest BCUT2D eigenvalue weighted by Gasteiger charge is 2.48. The topological polar surface area (TPSA) is 35.2 Å². The summed E-state index contributed by atoms with van der Waals surface area (Å²) < 4.78 is 5.44. The molecule has 2 N–H and O–H groups in total. The Kier molecular flexibility index (Phi) is 2.13. The highest BCUT2D eigenvalue weighted by molar-refractivity contribution is 5.06. The molecule has 1 aliphatic carbocycles. The van der Waals surface area contributed by atoms with Crippen molar-refractivity contribution < 1.29 is 4.74 Å². The molecule has 2 heteroatoms. The van der Waals surface area contributed by atoms with Crippen LogP contribution < -0.4 is 5.73 Å². The average Bonchev–Trinajstić information content (AvgIpc) is 2.61. The molecule has 2 rings (SSSR count). The summed E-state index contributed by atoms with van der Waals surface area (Å²) in [6.07, 6.45) is 4.97. The van der Waals surface area contributed by atoms with Crippen molar-refractivity contribution in [3.05, 3.63) is 0 Å². The largest absolute Gasteiger partial charge is 0.381 e. The number of ether oxygens (including phenoxy) is 1. The second-order valence-corrected chi connectivity index (χ2v) is 4.63. The van der Waals surface area contributed by atoms with E-state index in [1.54, 1.807) is 0 Å². The van der Waals surface area contributed by atoms with E-state index in [1.807, 2.05) is 0 Å². The van der Waals surface area contributed by atoms with E-state index < -0.39 is 0 Å². The zero-order valence-electron chi connectivity index (χ0n) is 7.88. The molecule has 0 aromatic carbocycles. The van der Waals surface area contributed by atoms with Crippen LogP contribution in [-0.4, -0.2) is 18.8 Å². The molecule has 0 aromatic heterocycles. The zero-order chi connectivity index (χ0) is 8.60. The predicted molar refractivity (Wildman–Crippen MR) is 48.9 cm³/mol. The molecule has 0 amide bonds. The average molecular weight is 169 g/mol. The molecule has 0 spiro atoms. The smallest absolute Gasteiger partial charge is 0.0494 e. The summed E-state index contributed by atoms with van der Waals surface area (Å²) in [7, 11) is 0. The lowest BCUT2D eigenvalue weighted by atomic mass is 9.92. The van der Waals surface area contributed by atoms with Crippen LogP contribution in [0.25, 0.3) is 0 Å². The van der Waals surface area contributed by atoms with Crippen molar-refractivity contribution in [1.29, 1.82) is 0 Å². The van der Waals surface area contributed by atoms with Crippen molar-refractivity contribution in [1.82, 2.24) is 0 Å². The molecule has 1 saturated carbocycles. The number of hydrogen-bond acceptors (Lipinski definition) is 2. The van der Waals surface area contributed by atoms with Gasteiger partial charge in [-0.25, -0.2) is 0 Å². The Morgan fingerprint density at radius 1 is 1.58 bits per heavy atom. The van der Waals surface area contributed by atoms with Crippen LogP contribution in [0.2, 0.25) is 0 Å². The summed E-state index contributed by atoms with van der Waals surface area (Å²) >= 11 is 0. The van der Waals surface area contributed by atoms with Crippen LogP contribution >= 0.6 is 0 Å². The Hall–Kier alpha value is -0.0800. The molecule has 3 atom stereocenters. The summed E-state index contributed by atoms with van der Waals surface area (Å²) in [4.78, 5) is 0. The van der Waals surface area contributed by atoms with Gasteiger partial charge in [0, 0.05) is 18.8 Å². The molecule has 0 bridgehead atoms. The van der Waals surface area contributed by atoms with Gasteiger partial charge in [-0.3, -0.25) is 0 Å². The normalized spacial score (nSPS) is 47.5. The highest BCUT2D eigenvalue weighted by Crippen LogP contribution is 2.45. The van der Waals surface area contributed by atoms with E-state index in [-0.39, 0.29) is 5.54 Å². The van der Waals surface area contributed by atoms with Crippen LogP contribution in [0.1, 0.15) is 32.6 Å². The fourth-order valence-corrected chi connectivity index (χ4v) is 2.30. The quantitative estimate of drug-likeness (QED) is 0.680. The third-order valence-corrected chi connectivity index (χ3v) is 3.43. The van der Waals surface area contributed by atoms with Gasteiger partial charge in [0.25, 0.3) is 0 Å². The van der Waals surface area contributed by atoms with Crippen LogP contribution in [0.15, 0.2) is 0 Å². The summed E-state index contributed by atoms with van der Waals surface area (Å²) in [5.74, 6) is 1.49. The summed E-state index contributed by atoms with van der Waals surface area (Å²) in [5.41, 5.74) is 6.35. The van der Waals surface area contributed by atoms with E-state index in [2.05, 4.69) is 6.92 Å². The minimum absolute atomic E-state index is 0.186. The molecule has 1 heterocycles. The van der Waals surface area contributed by atoms with E-state index in [4.69, 9.17) is 10.5 Å². The van der Waals surface area contributed by atoms with Crippen LogP contribution in [0.5, 0.6) is 0 Å². The number of rotatable bonds is 2. The first-order valence-electron chi connectivity index (χ1n) is 5.07. The van der Waals surface area contributed by atoms with E-state index in [0.29, 0.717) is 0 Å². The van der Waals surface area contributed by atoms with Gasteiger partial charge in [0.15, 0.2) is 0 Å². The van der Waals surface area contributed by atoms with E-state index in [1.165, 1.54) is 25.7 Å². The standard InChI is InChI=1S/C10H19NO/c1-8-5-10(8,11)6-9-3-2-4-12-7-9/h8-9H,2-7,11H2,1H3. The van der Waals surface area contributed by atoms with Crippen molar-refractivity contribution in [2.75, 3.05) is 13.2 Å². The summed E-state index contributed by atoms with van der Waals surface area (Å²) in [5, 5.41) is 0. The van der Waals surface area contributed by atoms with E-state index in [9.17, 15) is 0 Å². The van der Waals surface area contributed by atoms with Crippen molar-refractivity contribution in [2.24, 2.45) is 17.6 Å². The third kappa shape index (κ3) is 1.64. The molecule has 0 aromatic rings. The molecule has 1 saturated heterocycles. The Labute approximate surface area is 74.5 Å². The van der Waals surface area contributed by atoms with Gasteiger partial charge in [-0.2, -0.15) is 0 Å². The predicted octanol–water partition coefficient (Wildman–Crippen LogP) is 1.54. The third-order valence-electron chi connectivity index (χ3n) is 3.43. The first-order chi connectivity index (χ1) is 5.71. The maximum atomic E-state index is 6.17. The Morgan fingerprint density at radius 3 is 2.83 bits per heavy atom. The molecule has 1 aliphatic heterocycles. The molecular formula is C10H19NO. The fraction of sp³-hybridized carbons (Fsp3) is 1.00. The molecule has 12 heavy (non-hydrogen) atoms. The second-order valence-electron chi connectivity index (χ2n) is 4.63. The van der Waals surface area contributed by atoms with Crippen molar-refractivity contribution in [3.8, 4) is 0 Å². The first kappa shape index (κ1) is 8.52. The maximum absolute atomic E-state index is 6.17. The number of hydrogen-bond donors (Lipinski definition) is 1. The zero-order valence-corrected chi connectivity index (χ0v) is 7.88. The Morgan fingerprint density at radius 2 is 2.33 bits per heavy atom. The molecule has 2 nitrogen and oxygen atoms in total. The second kappa shape index (κ2) is 3.00. The van der Waals surface area contributed by atoms with Crippen LogP contribution in [-0.2, 0) is 4.74 Å². The first-order valence-corrected chi connectivity index (χ1v) is 5.07. The van der Waals surface area contributed by atoms with Gasteiger partial charge in [0.2, 0.25) is 0 Å². The molecule has 3 unspecified atom stereocenters. The molecular weight excluding hydrogens is 150 g/mol. The Balaban J connectivity index is 1.78. The number of nitrogens with two attached hydrogens (primary N) is 1. The van der Waals surface area contributed by atoms with Gasteiger partial charge in [0.05, 0.1) is 0 Å². The van der Waals surface area contributed by atoms with Crippen molar-refractivity contribution in [3.63, 3.8) is 0 Å². The van der Waals surface area contributed by atoms with Crippen molar-refractivity contribution in [2.45, 2.75) is 38.1 Å². The Bertz CT molecular complexity index is 165. The van der Waals surface area contributed by atoms with E-state index >= 15 is 0 Å². The van der Waals surface area contributed by atoms with Gasteiger partial charge in [-0.15, -0.1) is 0 Å². The SMILES string of the molecule is CC1CC1(N)CC1CCCOC1.